The lowest BCUT2D eigenvalue weighted by Crippen LogP contribution is -2.01. The highest BCUT2D eigenvalue weighted by Gasteiger charge is 2.29. The minimum absolute atomic E-state index is 0.687. The second kappa shape index (κ2) is 4.47. The minimum atomic E-state index is 0.687. The van der Waals surface area contributed by atoms with Gasteiger partial charge in [0.25, 0.3) is 0 Å². The molecule has 4 heteroatoms. The molecule has 3 nitrogen and oxygen atoms in total. The Morgan fingerprint density at radius 3 is 2.87 bits per heavy atom. The molecule has 84 valence electrons. The normalized spacial score (nSPS) is 15.9. The number of rotatable bonds is 5. The monoisotopic (exact) mass is 225 g/mol. The Labute approximate surface area is 95.4 Å². The van der Waals surface area contributed by atoms with Crippen molar-refractivity contribution < 1.29 is 0 Å². The van der Waals surface area contributed by atoms with Crippen LogP contribution in [0.5, 0.6) is 0 Å². The average Bonchev–Trinajstić information content (AvgIpc) is 3.01. The van der Waals surface area contributed by atoms with Crippen LogP contribution in [0.1, 0.15) is 36.7 Å². The predicted molar refractivity (Wildman–Crippen MR) is 66.3 cm³/mol. The number of aromatic nitrogens is 2. The molecule has 0 aromatic carbocycles. The highest BCUT2D eigenvalue weighted by Crippen LogP contribution is 2.40. The highest BCUT2D eigenvalue weighted by atomic mass is 32.2. The van der Waals surface area contributed by atoms with Crippen LogP contribution in [0.4, 0.5) is 5.82 Å². The van der Waals surface area contributed by atoms with Gasteiger partial charge in [0.1, 0.15) is 11.6 Å². The van der Waals surface area contributed by atoms with Gasteiger partial charge in [0.05, 0.1) is 5.69 Å². The number of nitrogens with two attached hydrogens (primary N) is 1. The van der Waals surface area contributed by atoms with Crippen LogP contribution in [-0.2, 0) is 13.5 Å². The zero-order valence-electron chi connectivity index (χ0n) is 9.49. The summed E-state index contributed by atoms with van der Waals surface area (Å²) in [6.07, 6.45) is 6.90. The quantitative estimate of drug-likeness (QED) is 0.781. The summed E-state index contributed by atoms with van der Waals surface area (Å²) in [6.45, 7) is 0. The fraction of sp³-hybridized carbons (Fsp3) is 0.727. The van der Waals surface area contributed by atoms with Crippen LogP contribution < -0.4 is 5.73 Å². The summed E-state index contributed by atoms with van der Waals surface area (Å²) >= 11 is 1.88. The van der Waals surface area contributed by atoms with Crippen LogP contribution in [0, 0.1) is 0 Å². The standard InChI is InChI=1S/C11H19N3S/c1-14-10(12)9(4-3-7-15-2)13-11(14)8-5-6-8/h8H,3-7,12H2,1-2H3. The fourth-order valence-electron chi connectivity index (χ4n) is 1.86. The number of aryl methyl sites for hydroxylation is 1. The van der Waals surface area contributed by atoms with Crippen molar-refractivity contribution in [1.82, 2.24) is 9.55 Å². The van der Waals surface area contributed by atoms with E-state index in [9.17, 15) is 0 Å². The number of thioether (sulfide) groups is 1. The van der Waals surface area contributed by atoms with E-state index in [2.05, 4.69) is 15.8 Å². The summed E-state index contributed by atoms with van der Waals surface area (Å²) in [7, 11) is 2.04. The van der Waals surface area contributed by atoms with E-state index >= 15 is 0 Å². The van der Waals surface area contributed by atoms with Crippen molar-refractivity contribution >= 4 is 17.6 Å². The number of imidazole rings is 1. The lowest BCUT2D eigenvalue weighted by atomic mass is 10.2. The summed E-state index contributed by atoms with van der Waals surface area (Å²) in [5, 5.41) is 0. The van der Waals surface area contributed by atoms with Crippen LogP contribution in [0.15, 0.2) is 0 Å². The van der Waals surface area contributed by atoms with E-state index < -0.39 is 0 Å². The summed E-state index contributed by atoms with van der Waals surface area (Å²) < 4.78 is 2.08. The van der Waals surface area contributed by atoms with E-state index in [4.69, 9.17) is 5.73 Å². The first-order valence-corrected chi connectivity index (χ1v) is 6.93. The van der Waals surface area contributed by atoms with Gasteiger partial charge in [-0.25, -0.2) is 4.98 Å². The maximum atomic E-state index is 6.04. The van der Waals surface area contributed by atoms with Crippen molar-refractivity contribution in [3.63, 3.8) is 0 Å². The Bertz CT molecular complexity index is 342. The molecule has 1 saturated carbocycles. The van der Waals surface area contributed by atoms with E-state index in [0.717, 1.165) is 17.9 Å². The maximum Gasteiger partial charge on any atom is 0.126 e. The third-order valence-corrected chi connectivity index (χ3v) is 3.65. The number of hydrogen-bond acceptors (Lipinski definition) is 3. The van der Waals surface area contributed by atoms with E-state index in [1.54, 1.807) is 0 Å². The smallest absolute Gasteiger partial charge is 0.126 e. The molecule has 15 heavy (non-hydrogen) atoms. The summed E-state index contributed by atoms with van der Waals surface area (Å²) in [5.74, 6) is 3.95. The molecule has 1 fully saturated rings. The molecule has 0 unspecified atom stereocenters. The van der Waals surface area contributed by atoms with Crippen LogP contribution in [0.25, 0.3) is 0 Å². The first kappa shape index (κ1) is 10.9. The second-order valence-corrected chi connectivity index (χ2v) is 5.22. The van der Waals surface area contributed by atoms with Crippen molar-refractivity contribution in [1.29, 1.82) is 0 Å². The van der Waals surface area contributed by atoms with Gasteiger partial charge >= 0.3 is 0 Å². The van der Waals surface area contributed by atoms with Crippen LogP contribution in [-0.4, -0.2) is 21.6 Å². The molecule has 1 aliphatic rings. The molecule has 0 atom stereocenters. The fourth-order valence-corrected chi connectivity index (χ4v) is 2.30. The highest BCUT2D eigenvalue weighted by molar-refractivity contribution is 7.98. The maximum absolute atomic E-state index is 6.04. The van der Waals surface area contributed by atoms with E-state index in [0.29, 0.717) is 5.92 Å². The van der Waals surface area contributed by atoms with Gasteiger partial charge in [-0.1, -0.05) is 0 Å². The third kappa shape index (κ3) is 2.30. The molecule has 1 aliphatic carbocycles. The molecule has 0 saturated heterocycles. The molecule has 0 spiro atoms. The second-order valence-electron chi connectivity index (χ2n) is 4.23. The van der Waals surface area contributed by atoms with Crippen molar-refractivity contribution in [3.05, 3.63) is 11.5 Å². The lowest BCUT2D eigenvalue weighted by molar-refractivity contribution is 0.805. The molecule has 1 aromatic rings. The molecule has 1 heterocycles. The van der Waals surface area contributed by atoms with Crippen LogP contribution >= 0.6 is 11.8 Å². The van der Waals surface area contributed by atoms with Gasteiger partial charge < -0.3 is 10.3 Å². The summed E-state index contributed by atoms with van der Waals surface area (Å²) in [6, 6.07) is 0. The lowest BCUT2D eigenvalue weighted by Gasteiger charge is -2.00. The first-order valence-electron chi connectivity index (χ1n) is 5.54. The summed E-state index contributed by atoms with van der Waals surface area (Å²) in [4.78, 5) is 4.67. The van der Waals surface area contributed by atoms with Gasteiger partial charge in [0.2, 0.25) is 0 Å². The van der Waals surface area contributed by atoms with Crippen molar-refractivity contribution in [2.45, 2.75) is 31.6 Å². The Hall–Kier alpha value is -0.640. The van der Waals surface area contributed by atoms with Gasteiger partial charge in [0, 0.05) is 13.0 Å². The summed E-state index contributed by atoms with van der Waals surface area (Å²) in [5.41, 5.74) is 7.15. The Morgan fingerprint density at radius 2 is 2.27 bits per heavy atom. The largest absolute Gasteiger partial charge is 0.384 e. The van der Waals surface area contributed by atoms with Gasteiger partial charge in [0.15, 0.2) is 0 Å². The molecule has 0 amide bonds. The average molecular weight is 225 g/mol. The minimum Gasteiger partial charge on any atom is -0.384 e. The zero-order valence-corrected chi connectivity index (χ0v) is 10.3. The number of nitrogens with zero attached hydrogens (tertiary/aromatic N) is 2. The van der Waals surface area contributed by atoms with Crippen molar-refractivity contribution in [2.75, 3.05) is 17.7 Å². The van der Waals surface area contributed by atoms with Gasteiger partial charge in [-0.2, -0.15) is 11.8 Å². The van der Waals surface area contributed by atoms with Gasteiger partial charge in [-0.15, -0.1) is 0 Å². The van der Waals surface area contributed by atoms with Crippen molar-refractivity contribution in [3.8, 4) is 0 Å². The molecule has 2 rings (SSSR count). The Morgan fingerprint density at radius 1 is 1.53 bits per heavy atom. The van der Waals surface area contributed by atoms with E-state index in [-0.39, 0.29) is 0 Å². The number of anilines is 1. The van der Waals surface area contributed by atoms with Crippen LogP contribution in [0.2, 0.25) is 0 Å². The molecule has 0 radical (unpaired) electrons. The molecule has 1 aromatic heterocycles. The predicted octanol–water partition coefficient (Wildman–Crippen LogP) is 2.18. The topological polar surface area (TPSA) is 43.8 Å². The Balaban J connectivity index is 2.06. The molecule has 2 N–H and O–H groups in total. The third-order valence-electron chi connectivity index (χ3n) is 2.95. The van der Waals surface area contributed by atoms with Crippen LogP contribution in [0.3, 0.4) is 0 Å². The SMILES string of the molecule is CSCCCc1nc(C2CC2)n(C)c1N. The number of nitrogen functional groups attached to an aromatic ring is 1. The molecule has 0 bridgehead atoms. The van der Waals surface area contributed by atoms with E-state index in [1.807, 2.05) is 18.8 Å². The molecule has 0 aliphatic heterocycles. The zero-order chi connectivity index (χ0) is 10.8. The Kier molecular flexibility index (Phi) is 3.24. The van der Waals surface area contributed by atoms with E-state index in [1.165, 1.54) is 30.8 Å². The number of hydrogen-bond donors (Lipinski definition) is 1. The molecular weight excluding hydrogens is 206 g/mol. The van der Waals surface area contributed by atoms with Gasteiger partial charge in [-0.3, -0.25) is 0 Å². The first-order chi connectivity index (χ1) is 7.24. The van der Waals surface area contributed by atoms with Gasteiger partial charge in [-0.05, 0) is 37.7 Å². The molecular formula is C11H19N3S. The van der Waals surface area contributed by atoms with Crippen molar-refractivity contribution in [2.24, 2.45) is 7.05 Å².